The highest BCUT2D eigenvalue weighted by atomic mass is 16.3. The third-order valence-electron chi connectivity index (χ3n) is 3.65. The normalized spacial score (nSPS) is 21.6. The number of aliphatic hydroxyl groups excluding tert-OH is 1. The van der Waals surface area contributed by atoms with Crippen LogP contribution in [0.4, 0.5) is 5.69 Å². The Hall–Kier alpha value is -1.35. The molecule has 17 heavy (non-hydrogen) atoms. The monoisotopic (exact) mass is 233 g/mol. The van der Waals surface area contributed by atoms with Crippen LogP contribution in [0, 0.1) is 12.8 Å². The minimum Gasteiger partial charge on any atom is -0.393 e. The summed E-state index contributed by atoms with van der Waals surface area (Å²) >= 11 is 0. The summed E-state index contributed by atoms with van der Waals surface area (Å²) in [6.07, 6.45) is 1.68. The van der Waals surface area contributed by atoms with E-state index in [1.807, 2.05) is 32.0 Å². The summed E-state index contributed by atoms with van der Waals surface area (Å²) in [5.74, 6) is 0.362. The second-order valence-corrected chi connectivity index (χ2v) is 4.89. The number of anilines is 1. The average molecular weight is 233 g/mol. The number of aryl methyl sites for hydroxylation is 1. The van der Waals surface area contributed by atoms with Crippen molar-refractivity contribution < 1.29 is 9.90 Å². The number of hydrogen-bond donors (Lipinski definition) is 1. The summed E-state index contributed by atoms with van der Waals surface area (Å²) in [7, 11) is 0. The van der Waals surface area contributed by atoms with Gasteiger partial charge in [-0.05, 0) is 44.0 Å². The number of aliphatic hydroxyl groups is 1. The number of benzene rings is 1. The maximum atomic E-state index is 10.8. The van der Waals surface area contributed by atoms with E-state index in [9.17, 15) is 9.90 Å². The Morgan fingerprint density at radius 1 is 1.53 bits per heavy atom. The Bertz CT molecular complexity index is 415. The van der Waals surface area contributed by atoms with Gasteiger partial charge in [-0.25, -0.2) is 0 Å². The van der Waals surface area contributed by atoms with Crippen molar-refractivity contribution in [1.82, 2.24) is 0 Å². The van der Waals surface area contributed by atoms with Crippen LogP contribution >= 0.6 is 0 Å². The smallest absolute Gasteiger partial charge is 0.150 e. The van der Waals surface area contributed by atoms with Crippen molar-refractivity contribution in [3.63, 3.8) is 0 Å². The molecule has 0 aromatic heterocycles. The second-order valence-electron chi connectivity index (χ2n) is 4.89. The Morgan fingerprint density at radius 2 is 2.29 bits per heavy atom. The highest BCUT2D eigenvalue weighted by Crippen LogP contribution is 2.27. The van der Waals surface area contributed by atoms with Crippen LogP contribution in [0.1, 0.15) is 29.3 Å². The van der Waals surface area contributed by atoms with Crippen molar-refractivity contribution >= 4 is 12.0 Å². The van der Waals surface area contributed by atoms with Crippen molar-refractivity contribution in [3.05, 3.63) is 29.3 Å². The summed E-state index contributed by atoms with van der Waals surface area (Å²) in [6.45, 7) is 5.69. The Labute approximate surface area is 102 Å². The van der Waals surface area contributed by atoms with Gasteiger partial charge in [0.05, 0.1) is 6.10 Å². The lowest BCUT2D eigenvalue weighted by atomic mass is 10.0. The van der Waals surface area contributed by atoms with Crippen LogP contribution in [-0.4, -0.2) is 30.6 Å². The molecular formula is C14H19NO2. The first kappa shape index (κ1) is 12.1. The summed E-state index contributed by atoms with van der Waals surface area (Å²) in [4.78, 5) is 13.0. The van der Waals surface area contributed by atoms with Crippen LogP contribution in [0.2, 0.25) is 0 Å². The number of carbonyl (C=O) groups excluding carboxylic acids is 1. The highest BCUT2D eigenvalue weighted by molar-refractivity contribution is 5.78. The standard InChI is InChI=1S/C14H19NO2/c1-10-7-14(4-3-13(10)9-16)15-6-5-12(8-15)11(2)17/h3-4,7,9,11-12,17H,5-6,8H2,1-2H3. The van der Waals surface area contributed by atoms with Crippen molar-refractivity contribution in [2.24, 2.45) is 5.92 Å². The zero-order chi connectivity index (χ0) is 12.4. The van der Waals surface area contributed by atoms with Gasteiger partial charge in [0.2, 0.25) is 0 Å². The third kappa shape index (κ3) is 2.50. The highest BCUT2D eigenvalue weighted by Gasteiger charge is 2.26. The zero-order valence-electron chi connectivity index (χ0n) is 10.4. The first-order valence-corrected chi connectivity index (χ1v) is 6.10. The predicted octanol–water partition coefficient (Wildman–Crippen LogP) is 2.01. The summed E-state index contributed by atoms with van der Waals surface area (Å²) in [5, 5.41) is 9.58. The van der Waals surface area contributed by atoms with Gasteiger partial charge in [0.15, 0.2) is 0 Å². The Morgan fingerprint density at radius 3 is 2.82 bits per heavy atom. The number of nitrogens with zero attached hydrogens (tertiary/aromatic N) is 1. The van der Waals surface area contributed by atoms with Gasteiger partial charge in [0.1, 0.15) is 6.29 Å². The van der Waals surface area contributed by atoms with Gasteiger partial charge >= 0.3 is 0 Å². The molecule has 0 amide bonds. The summed E-state index contributed by atoms with van der Waals surface area (Å²) in [5.41, 5.74) is 2.91. The molecule has 1 fully saturated rings. The minimum atomic E-state index is -0.240. The van der Waals surface area contributed by atoms with Crippen LogP contribution in [-0.2, 0) is 0 Å². The molecule has 0 bridgehead atoms. The van der Waals surface area contributed by atoms with Crippen molar-refractivity contribution in [2.45, 2.75) is 26.4 Å². The van der Waals surface area contributed by atoms with Crippen LogP contribution in [0.25, 0.3) is 0 Å². The van der Waals surface area contributed by atoms with E-state index in [2.05, 4.69) is 4.90 Å². The van der Waals surface area contributed by atoms with Crippen LogP contribution in [0.5, 0.6) is 0 Å². The van der Waals surface area contributed by atoms with E-state index in [4.69, 9.17) is 0 Å². The fourth-order valence-corrected chi connectivity index (χ4v) is 2.40. The molecule has 1 aliphatic heterocycles. The fourth-order valence-electron chi connectivity index (χ4n) is 2.40. The quantitative estimate of drug-likeness (QED) is 0.812. The number of carbonyl (C=O) groups is 1. The lowest BCUT2D eigenvalue weighted by Crippen LogP contribution is -2.23. The van der Waals surface area contributed by atoms with Gasteiger partial charge in [0, 0.05) is 30.3 Å². The van der Waals surface area contributed by atoms with Crippen LogP contribution in [0.15, 0.2) is 18.2 Å². The minimum absolute atomic E-state index is 0.240. The molecule has 3 nitrogen and oxygen atoms in total. The molecule has 92 valence electrons. The van der Waals surface area contributed by atoms with E-state index < -0.39 is 0 Å². The molecule has 1 aromatic carbocycles. The second kappa shape index (κ2) is 4.88. The Balaban J connectivity index is 2.14. The van der Waals surface area contributed by atoms with Crippen molar-refractivity contribution in [2.75, 3.05) is 18.0 Å². The molecule has 1 saturated heterocycles. The third-order valence-corrected chi connectivity index (χ3v) is 3.65. The van der Waals surface area contributed by atoms with E-state index in [0.717, 1.165) is 42.6 Å². The van der Waals surface area contributed by atoms with Crippen LogP contribution < -0.4 is 4.90 Å². The number of rotatable bonds is 3. The molecule has 0 spiro atoms. The lowest BCUT2D eigenvalue weighted by Gasteiger charge is -2.20. The molecule has 2 unspecified atom stereocenters. The van der Waals surface area contributed by atoms with Gasteiger partial charge in [0.25, 0.3) is 0 Å². The first-order chi connectivity index (χ1) is 8.11. The molecule has 1 aliphatic rings. The predicted molar refractivity (Wildman–Crippen MR) is 68.6 cm³/mol. The van der Waals surface area contributed by atoms with Crippen LogP contribution in [0.3, 0.4) is 0 Å². The lowest BCUT2D eigenvalue weighted by molar-refractivity contribution is 0.112. The first-order valence-electron chi connectivity index (χ1n) is 6.10. The molecule has 1 N–H and O–H groups in total. The maximum absolute atomic E-state index is 10.8. The van der Waals surface area contributed by atoms with Crippen molar-refractivity contribution in [3.8, 4) is 0 Å². The molecule has 1 aromatic rings. The maximum Gasteiger partial charge on any atom is 0.150 e. The van der Waals surface area contributed by atoms with Gasteiger partial charge in [-0.1, -0.05) is 0 Å². The SMILES string of the molecule is Cc1cc(N2CCC(C(C)O)C2)ccc1C=O. The molecular weight excluding hydrogens is 214 g/mol. The molecule has 1 heterocycles. The molecule has 0 saturated carbocycles. The van der Waals surface area contributed by atoms with E-state index in [-0.39, 0.29) is 6.10 Å². The molecule has 0 aliphatic carbocycles. The molecule has 2 rings (SSSR count). The van der Waals surface area contributed by atoms with Gasteiger partial charge < -0.3 is 10.0 Å². The van der Waals surface area contributed by atoms with E-state index in [1.54, 1.807) is 0 Å². The summed E-state index contributed by atoms with van der Waals surface area (Å²) < 4.78 is 0. The number of aldehydes is 1. The van der Waals surface area contributed by atoms with Gasteiger partial charge in [-0.2, -0.15) is 0 Å². The van der Waals surface area contributed by atoms with Gasteiger partial charge in [-0.15, -0.1) is 0 Å². The topological polar surface area (TPSA) is 40.5 Å². The number of hydrogen-bond acceptors (Lipinski definition) is 3. The van der Waals surface area contributed by atoms with Crippen molar-refractivity contribution in [1.29, 1.82) is 0 Å². The molecule has 3 heteroatoms. The van der Waals surface area contributed by atoms with Gasteiger partial charge in [-0.3, -0.25) is 4.79 Å². The molecule has 2 atom stereocenters. The van der Waals surface area contributed by atoms with E-state index in [0.29, 0.717) is 5.92 Å². The molecule has 0 radical (unpaired) electrons. The Kier molecular flexibility index (Phi) is 3.48. The summed E-state index contributed by atoms with van der Waals surface area (Å²) in [6, 6.07) is 5.91. The largest absolute Gasteiger partial charge is 0.393 e. The fraction of sp³-hybridized carbons (Fsp3) is 0.500. The van der Waals surface area contributed by atoms with E-state index >= 15 is 0 Å². The van der Waals surface area contributed by atoms with E-state index in [1.165, 1.54) is 0 Å². The zero-order valence-corrected chi connectivity index (χ0v) is 10.4. The average Bonchev–Trinajstić information content (AvgIpc) is 2.78.